The Hall–Kier alpha value is -3.35. The molecule has 4 amide bonds. The van der Waals surface area contributed by atoms with Crippen LogP contribution in [0.15, 0.2) is 42.5 Å². The number of hydrogen-bond donors (Lipinski definition) is 2. The normalized spacial score (nSPS) is 13.1. The van der Waals surface area contributed by atoms with Crippen LogP contribution in [0, 0.1) is 6.92 Å². The number of alkyl carbamates (subject to hydrolysis) is 1. The summed E-state index contributed by atoms with van der Waals surface area (Å²) in [6.07, 6.45) is 2.23. The van der Waals surface area contributed by atoms with Crippen molar-refractivity contribution in [2.24, 2.45) is 0 Å². The summed E-state index contributed by atoms with van der Waals surface area (Å²) < 4.78 is 4.67. The number of fused-ring (bicyclic) bond motifs is 1. The highest BCUT2D eigenvalue weighted by Crippen LogP contribution is 2.27. The van der Waals surface area contributed by atoms with Crippen LogP contribution in [-0.4, -0.2) is 31.2 Å². The zero-order valence-electron chi connectivity index (χ0n) is 17.4. The average Bonchev–Trinajstić information content (AvgIpc) is 2.95. The number of rotatable bonds is 4. The van der Waals surface area contributed by atoms with Crippen LogP contribution >= 0.6 is 0 Å². The predicted molar refractivity (Wildman–Crippen MR) is 115 cm³/mol. The van der Waals surface area contributed by atoms with E-state index in [1.165, 1.54) is 5.56 Å². The molecule has 2 N–H and O–H groups in total. The molecule has 0 radical (unpaired) electrons. The maximum Gasteiger partial charge on any atom is 0.415 e. The van der Waals surface area contributed by atoms with Crippen LogP contribution in [0.5, 0.6) is 0 Å². The second kappa shape index (κ2) is 9.91. The van der Waals surface area contributed by atoms with Crippen LogP contribution in [0.25, 0.3) is 0 Å². The van der Waals surface area contributed by atoms with Crippen LogP contribution in [-0.2, 0) is 17.7 Å². The van der Waals surface area contributed by atoms with E-state index in [9.17, 15) is 14.4 Å². The molecule has 7 heteroatoms. The molecule has 0 aliphatic carbocycles. The summed E-state index contributed by atoms with van der Waals surface area (Å²) in [5, 5.41) is 4.70. The zero-order chi connectivity index (χ0) is 21.5. The van der Waals surface area contributed by atoms with Crippen molar-refractivity contribution in [3.8, 4) is 0 Å². The van der Waals surface area contributed by atoms with Gasteiger partial charge in [0.1, 0.15) is 0 Å². The molecule has 1 aliphatic heterocycles. The molecule has 1 heterocycles. The minimum Gasteiger partial charge on any atom is -0.450 e. The monoisotopic (exact) mass is 409 g/mol. The molecule has 0 atom stereocenters. The fraction of sp³-hybridized carbons (Fsp3) is 0.348. The number of carbonyl (C=O) groups is 3. The van der Waals surface area contributed by atoms with E-state index in [1.807, 2.05) is 42.2 Å². The van der Waals surface area contributed by atoms with E-state index >= 15 is 0 Å². The number of anilines is 1. The van der Waals surface area contributed by atoms with Crippen LogP contribution in [0.2, 0.25) is 0 Å². The number of nitrogens with one attached hydrogen (secondary N) is 2. The van der Waals surface area contributed by atoms with Gasteiger partial charge in [0.2, 0.25) is 0 Å². The number of para-hydroxylation sites is 1. The Morgan fingerprint density at radius 2 is 1.90 bits per heavy atom. The molecule has 0 saturated carbocycles. The van der Waals surface area contributed by atoms with Crippen molar-refractivity contribution in [3.63, 3.8) is 0 Å². The highest BCUT2D eigenvalue weighted by Gasteiger charge is 2.22. The predicted octanol–water partition coefficient (Wildman–Crippen LogP) is 3.93. The summed E-state index contributed by atoms with van der Waals surface area (Å²) in [5.41, 5.74) is 4.55. The van der Waals surface area contributed by atoms with Crippen LogP contribution < -0.4 is 15.5 Å². The summed E-state index contributed by atoms with van der Waals surface area (Å²) in [5.74, 6) is -0.0213. The van der Waals surface area contributed by atoms with Crippen molar-refractivity contribution in [2.75, 3.05) is 18.1 Å². The number of carbonyl (C=O) groups excluding carboxylic acids is 3. The van der Waals surface area contributed by atoms with Crippen molar-refractivity contribution >= 4 is 23.7 Å². The van der Waals surface area contributed by atoms with Gasteiger partial charge in [0.25, 0.3) is 5.91 Å². The Kier molecular flexibility index (Phi) is 7.06. The fourth-order valence-corrected chi connectivity index (χ4v) is 3.56. The van der Waals surface area contributed by atoms with Gasteiger partial charge in [-0.05, 0) is 68.0 Å². The van der Waals surface area contributed by atoms with E-state index in [2.05, 4.69) is 21.4 Å². The molecule has 7 nitrogen and oxygen atoms in total. The second-order valence-electron chi connectivity index (χ2n) is 7.21. The Morgan fingerprint density at radius 1 is 1.10 bits per heavy atom. The number of imide groups is 1. The highest BCUT2D eigenvalue weighted by atomic mass is 16.5. The lowest BCUT2D eigenvalue weighted by atomic mass is 10.0. The summed E-state index contributed by atoms with van der Waals surface area (Å²) in [7, 11) is 0. The third kappa shape index (κ3) is 5.17. The van der Waals surface area contributed by atoms with Crippen molar-refractivity contribution in [1.82, 2.24) is 10.6 Å². The molecule has 2 aromatic carbocycles. The van der Waals surface area contributed by atoms with Crippen molar-refractivity contribution in [1.29, 1.82) is 0 Å². The van der Waals surface area contributed by atoms with Crippen LogP contribution in [0.1, 0.15) is 46.8 Å². The lowest BCUT2D eigenvalue weighted by molar-refractivity contribution is 0.0986. The van der Waals surface area contributed by atoms with E-state index in [0.29, 0.717) is 12.1 Å². The summed E-state index contributed by atoms with van der Waals surface area (Å²) in [6, 6.07) is 12.9. The topological polar surface area (TPSA) is 87.7 Å². The van der Waals surface area contributed by atoms with Gasteiger partial charge in [0.15, 0.2) is 0 Å². The molecule has 0 unspecified atom stereocenters. The Labute approximate surface area is 176 Å². The number of hydrogen-bond acceptors (Lipinski definition) is 4. The quantitative estimate of drug-likeness (QED) is 0.801. The first-order chi connectivity index (χ1) is 14.5. The number of urea groups is 1. The van der Waals surface area contributed by atoms with Gasteiger partial charge in [-0.25, -0.2) is 14.9 Å². The molecule has 0 spiro atoms. The second-order valence-corrected chi connectivity index (χ2v) is 7.21. The number of ether oxygens (including phenoxy) is 1. The van der Waals surface area contributed by atoms with Gasteiger partial charge in [0, 0.05) is 24.3 Å². The average molecular weight is 409 g/mol. The Bertz CT molecular complexity index is 942. The van der Waals surface area contributed by atoms with Crippen LogP contribution in [0.3, 0.4) is 0 Å². The SMILES string of the molecule is CCOC(=O)NC(=O)NCc1ccc(C(=O)N2CCCCc3ccccc32)cc1C. The number of aryl methyl sites for hydroxylation is 2. The van der Waals surface area contributed by atoms with E-state index in [1.54, 1.807) is 13.0 Å². The third-order valence-corrected chi connectivity index (χ3v) is 5.13. The van der Waals surface area contributed by atoms with Gasteiger partial charge in [-0.1, -0.05) is 24.3 Å². The number of nitrogens with zero attached hydrogens (tertiary/aromatic N) is 1. The molecular weight excluding hydrogens is 382 g/mol. The molecule has 30 heavy (non-hydrogen) atoms. The zero-order valence-corrected chi connectivity index (χ0v) is 17.4. The third-order valence-electron chi connectivity index (χ3n) is 5.13. The minimum absolute atomic E-state index is 0.0213. The molecule has 1 aliphatic rings. The maximum atomic E-state index is 13.2. The Balaban J connectivity index is 1.68. The molecular formula is C23H27N3O4. The molecule has 0 fully saturated rings. The standard InChI is InChI=1S/C23H27N3O4/c1-3-30-23(29)25-22(28)24-15-19-12-11-18(14-16(19)2)21(27)26-13-7-6-9-17-8-4-5-10-20(17)26/h4-5,8,10-12,14H,3,6-7,9,13,15H2,1-2H3,(H2,24,25,28,29). The summed E-state index contributed by atoms with van der Waals surface area (Å²) >= 11 is 0. The fourth-order valence-electron chi connectivity index (χ4n) is 3.56. The Morgan fingerprint density at radius 3 is 2.67 bits per heavy atom. The molecule has 158 valence electrons. The number of benzene rings is 2. The maximum absolute atomic E-state index is 13.2. The van der Waals surface area contributed by atoms with Crippen LogP contribution in [0.4, 0.5) is 15.3 Å². The molecule has 3 rings (SSSR count). The van der Waals surface area contributed by atoms with Crippen molar-refractivity contribution < 1.29 is 19.1 Å². The van der Waals surface area contributed by atoms with E-state index in [0.717, 1.165) is 36.1 Å². The first-order valence-electron chi connectivity index (χ1n) is 10.2. The van der Waals surface area contributed by atoms with Gasteiger partial charge in [0.05, 0.1) is 6.61 Å². The van der Waals surface area contributed by atoms with Gasteiger partial charge in [-0.3, -0.25) is 4.79 Å². The lowest BCUT2D eigenvalue weighted by Crippen LogP contribution is -2.39. The van der Waals surface area contributed by atoms with Gasteiger partial charge in [-0.15, -0.1) is 0 Å². The lowest BCUT2D eigenvalue weighted by Gasteiger charge is -2.23. The van der Waals surface area contributed by atoms with E-state index < -0.39 is 12.1 Å². The van der Waals surface area contributed by atoms with Crippen molar-refractivity contribution in [2.45, 2.75) is 39.7 Å². The highest BCUT2D eigenvalue weighted by molar-refractivity contribution is 6.06. The van der Waals surface area contributed by atoms with Gasteiger partial charge in [-0.2, -0.15) is 0 Å². The smallest absolute Gasteiger partial charge is 0.415 e. The van der Waals surface area contributed by atoms with Gasteiger partial charge < -0.3 is 15.0 Å². The molecule has 0 bridgehead atoms. The van der Waals surface area contributed by atoms with E-state index in [4.69, 9.17) is 0 Å². The van der Waals surface area contributed by atoms with E-state index in [-0.39, 0.29) is 19.1 Å². The first-order valence-corrected chi connectivity index (χ1v) is 10.2. The number of amides is 4. The first kappa shape index (κ1) is 21.4. The minimum atomic E-state index is -0.787. The molecule has 0 saturated heterocycles. The molecule has 2 aromatic rings. The van der Waals surface area contributed by atoms with Crippen molar-refractivity contribution in [3.05, 3.63) is 64.7 Å². The van der Waals surface area contributed by atoms with Gasteiger partial charge >= 0.3 is 12.1 Å². The molecule has 0 aromatic heterocycles. The largest absolute Gasteiger partial charge is 0.450 e. The summed E-state index contributed by atoms with van der Waals surface area (Å²) in [6.45, 7) is 4.68. The summed E-state index contributed by atoms with van der Waals surface area (Å²) in [4.78, 5) is 38.1.